The standard InChI is InChI=1S/C17H20O2/c1-3-6-14(19-2)12-11-13-7-4-9-16-15(13)8-5-10-17(16)18/h4,7,9,14H,3,5-6,8,10H2,1-2H3. The van der Waals surface area contributed by atoms with E-state index in [0.717, 1.165) is 42.4 Å². The molecule has 1 aliphatic rings. The highest BCUT2D eigenvalue weighted by atomic mass is 16.5. The number of carbonyl (C=O) groups excluding carboxylic acids is 1. The molecule has 2 nitrogen and oxygen atoms in total. The molecule has 2 heteroatoms. The van der Waals surface area contributed by atoms with Gasteiger partial charge in [0.05, 0.1) is 0 Å². The van der Waals surface area contributed by atoms with Crippen molar-refractivity contribution in [2.75, 3.05) is 7.11 Å². The minimum Gasteiger partial charge on any atom is -0.369 e. The number of hydrogen-bond donors (Lipinski definition) is 0. The lowest BCUT2D eigenvalue weighted by Crippen LogP contribution is -2.12. The molecular weight excluding hydrogens is 236 g/mol. The first-order valence-electron chi connectivity index (χ1n) is 6.95. The van der Waals surface area contributed by atoms with E-state index >= 15 is 0 Å². The van der Waals surface area contributed by atoms with Crippen molar-refractivity contribution in [1.82, 2.24) is 0 Å². The molecule has 1 unspecified atom stereocenters. The summed E-state index contributed by atoms with van der Waals surface area (Å²) in [4.78, 5) is 11.9. The summed E-state index contributed by atoms with van der Waals surface area (Å²) in [7, 11) is 1.69. The first-order valence-corrected chi connectivity index (χ1v) is 6.95. The van der Waals surface area contributed by atoms with Gasteiger partial charge in [-0.05, 0) is 30.9 Å². The molecule has 1 atom stereocenters. The fraction of sp³-hybridized carbons (Fsp3) is 0.471. The van der Waals surface area contributed by atoms with Crippen LogP contribution >= 0.6 is 0 Å². The summed E-state index contributed by atoms with van der Waals surface area (Å²) in [5.74, 6) is 6.62. The topological polar surface area (TPSA) is 26.3 Å². The molecule has 0 fully saturated rings. The van der Waals surface area contributed by atoms with Crippen LogP contribution in [0.1, 0.15) is 54.1 Å². The highest BCUT2D eigenvalue weighted by Gasteiger charge is 2.18. The first-order chi connectivity index (χ1) is 9.26. The van der Waals surface area contributed by atoms with Gasteiger partial charge < -0.3 is 4.74 Å². The van der Waals surface area contributed by atoms with Gasteiger partial charge in [0, 0.05) is 24.7 Å². The Balaban J connectivity index is 2.29. The second kappa shape index (κ2) is 6.54. The van der Waals surface area contributed by atoms with Crippen molar-refractivity contribution in [3.63, 3.8) is 0 Å². The van der Waals surface area contributed by atoms with Crippen molar-refractivity contribution in [1.29, 1.82) is 0 Å². The lowest BCUT2D eigenvalue weighted by atomic mass is 9.87. The predicted molar refractivity (Wildman–Crippen MR) is 76.3 cm³/mol. The van der Waals surface area contributed by atoms with E-state index in [9.17, 15) is 4.79 Å². The minimum atomic E-state index is -0.0138. The number of fused-ring (bicyclic) bond motifs is 1. The Labute approximate surface area is 115 Å². The zero-order valence-corrected chi connectivity index (χ0v) is 11.7. The van der Waals surface area contributed by atoms with Gasteiger partial charge in [-0.2, -0.15) is 0 Å². The van der Waals surface area contributed by atoms with Gasteiger partial charge in [-0.1, -0.05) is 37.3 Å². The van der Waals surface area contributed by atoms with Crippen molar-refractivity contribution < 1.29 is 9.53 Å². The number of benzene rings is 1. The van der Waals surface area contributed by atoms with E-state index in [0.29, 0.717) is 6.42 Å². The number of Topliss-reactive ketones (excluding diaryl/α,β-unsaturated/α-hetero) is 1. The van der Waals surface area contributed by atoms with Crippen LogP contribution in [0.3, 0.4) is 0 Å². The Morgan fingerprint density at radius 3 is 2.95 bits per heavy atom. The van der Waals surface area contributed by atoms with Crippen molar-refractivity contribution in [3.05, 3.63) is 34.9 Å². The average Bonchev–Trinajstić information content (AvgIpc) is 2.44. The molecule has 0 aromatic heterocycles. The van der Waals surface area contributed by atoms with E-state index in [-0.39, 0.29) is 11.9 Å². The van der Waals surface area contributed by atoms with Crippen LogP contribution in [-0.4, -0.2) is 19.0 Å². The van der Waals surface area contributed by atoms with Crippen molar-refractivity contribution >= 4 is 5.78 Å². The molecule has 0 N–H and O–H groups in total. The summed E-state index contributed by atoms with van der Waals surface area (Å²) in [5, 5.41) is 0. The van der Waals surface area contributed by atoms with Crippen LogP contribution in [0.4, 0.5) is 0 Å². The van der Waals surface area contributed by atoms with Gasteiger partial charge in [0.1, 0.15) is 6.10 Å². The van der Waals surface area contributed by atoms with Crippen LogP contribution in [0.2, 0.25) is 0 Å². The van der Waals surface area contributed by atoms with E-state index in [1.165, 1.54) is 0 Å². The molecule has 2 rings (SSSR count). The van der Waals surface area contributed by atoms with Gasteiger partial charge in [-0.3, -0.25) is 4.79 Å². The van der Waals surface area contributed by atoms with Crippen LogP contribution < -0.4 is 0 Å². The average molecular weight is 256 g/mol. The zero-order chi connectivity index (χ0) is 13.7. The minimum absolute atomic E-state index is 0.0138. The van der Waals surface area contributed by atoms with Gasteiger partial charge >= 0.3 is 0 Å². The quantitative estimate of drug-likeness (QED) is 0.775. The molecule has 0 spiro atoms. The lowest BCUT2D eigenvalue weighted by molar-refractivity contribution is 0.0972. The van der Waals surface area contributed by atoms with Gasteiger partial charge in [0.2, 0.25) is 0 Å². The summed E-state index contributed by atoms with van der Waals surface area (Å²) in [6.45, 7) is 2.12. The molecule has 0 saturated heterocycles. The molecule has 0 bridgehead atoms. The number of methoxy groups -OCH3 is 1. The monoisotopic (exact) mass is 256 g/mol. The van der Waals surface area contributed by atoms with Crippen LogP contribution in [0.15, 0.2) is 18.2 Å². The van der Waals surface area contributed by atoms with E-state index in [1.807, 2.05) is 18.2 Å². The second-order valence-corrected chi connectivity index (χ2v) is 4.89. The molecule has 0 amide bonds. The number of ketones is 1. The van der Waals surface area contributed by atoms with E-state index in [2.05, 4.69) is 18.8 Å². The van der Waals surface area contributed by atoms with Crippen LogP contribution in [0.5, 0.6) is 0 Å². The van der Waals surface area contributed by atoms with Crippen LogP contribution in [0.25, 0.3) is 0 Å². The lowest BCUT2D eigenvalue weighted by Gasteiger charge is -2.15. The highest BCUT2D eigenvalue weighted by Crippen LogP contribution is 2.24. The van der Waals surface area contributed by atoms with E-state index < -0.39 is 0 Å². The fourth-order valence-corrected chi connectivity index (χ4v) is 2.46. The third-order valence-corrected chi connectivity index (χ3v) is 3.51. The molecule has 0 radical (unpaired) electrons. The molecule has 1 aliphatic carbocycles. The largest absolute Gasteiger partial charge is 0.369 e. The van der Waals surface area contributed by atoms with Gasteiger partial charge in [0.15, 0.2) is 5.78 Å². The normalized spacial score (nSPS) is 15.4. The fourth-order valence-electron chi connectivity index (χ4n) is 2.46. The van der Waals surface area contributed by atoms with Gasteiger partial charge in [-0.15, -0.1) is 0 Å². The number of rotatable bonds is 3. The molecule has 1 aromatic carbocycles. The summed E-state index contributed by atoms with van der Waals surface area (Å²) in [6, 6.07) is 5.85. The maximum absolute atomic E-state index is 11.9. The summed E-state index contributed by atoms with van der Waals surface area (Å²) in [5.41, 5.74) is 2.98. The number of carbonyl (C=O) groups is 1. The van der Waals surface area contributed by atoms with Crippen molar-refractivity contribution in [2.24, 2.45) is 0 Å². The Morgan fingerprint density at radius 1 is 1.37 bits per heavy atom. The zero-order valence-electron chi connectivity index (χ0n) is 11.7. The SMILES string of the molecule is CCCC(C#Cc1cccc2c1CCCC2=O)OC. The van der Waals surface area contributed by atoms with E-state index in [1.54, 1.807) is 7.11 Å². The molecule has 19 heavy (non-hydrogen) atoms. The van der Waals surface area contributed by atoms with Crippen LogP contribution in [-0.2, 0) is 11.2 Å². The summed E-state index contributed by atoms with van der Waals surface area (Å²) >= 11 is 0. The molecule has 1 aromatic rings. The molecular formula is C17H20O2. The highest BCUT2D eigenvalue weighted by molar-refractivity contribution is 5.99. The maximum atomic E-state index is 11.9. The maximum Gasteiger partial charge on any atom is 0.163 e. The predicted octanol–water partition coefficient (Wildman–Crippen LogP) is 3.37. The molecule has 0 heterocycles. The first kappa shape index (κ1) is 13.8. The Hall–Kier alpha value is -1.59. The molecule has 0 saturated carbocycles. The Morgan fingerprint density at radius 2 is 2.21 bits per heavy atom. The third kappa shape index (κ3) is 3.24. The van der Waals surface area contributed by atoms with Crippen molar-refractivity contribution in [2.45, 2.75) is 45.1 Å². The van der Waals surface area contributed by atoms with Crippen LogP contribution in [0, 0.1) is 11.8 Å². The number of ether oxygens (including phenoxy) is 1. The smallest absolute Gasteiger partial charge is 0.163 e. The third-order valence-electron chi connectivity index (χ3n) is 3.51. The second-order valence-electron chi connectivity index (χ2n) is 4.89. The molecule has 100 valence electrons. The van der Waals surface area contributed by atoms with E-state index in [4.69, 9.17) is 4.74 Å². The summed E-state index contributed by atoms with van der Waals surface area (Å²) < 4.78 is 5.34. The van der Waals surface area contributed by atoms with Gasteiger partial charge in [-0.25, -0.2) is 0 Å². The van der Waals surface area contributed by atoms with Crippen molar-refractivity contribution in [3.8, 4) is 11.8 Å². The molecule has 0 aliphatic heterocycles. The Bertz CT molecular complexity index is 520. The van der Waals surface area contributed by atoms with Gasteiger partial charge in [0.25, 0.3) is 0 Å². The number of hydrogen-bond acceptors (Lipinski definition) is 2. The summed E-state index contributed by atoms with van der Waals surface area (Å²) in [6.07, 6.45) is 4.54. The Kier molecular flexibility index (Phi) is 4.76.